The largest absolute Gasteiger partial charge is 0.349 e. The summed E-state index contributed by atoms with van der Waals surface area (Å²) in [7, 11) is 0. The molecule has 1 N–H and O–H groups in total. The van der Waals surface area contributed by atoms with Gasteiger partial charge in [0.2, 0.25) is 0 Å². The van der Waals surface area contributed by atoms with Crippen LogP contribution >= 0.6 is 12.6 Å². The topological polar surface area (TPSA) is 29.1 Å². The van der Waals surface area contributed by atoms with E-state index in [1.165, 1.54) is 32.1 Å². The molecule has 110 valence electrons. The molecule has 1 aliphatic rings. The first kappa shape index (κ1) is 15.4. The molecule has 1 amide bonds. The van der Waals surface area contributed by atoms with E-state index in [1.54, 1.807) is 0 Å². The number of benzene rings is 1. The first-order valence-electron chi connectivity index (χ1n) is 7.72. The van der Waals surface area contributed by atoms with Gasteiger partial charge in [0, 0.05) is 16.5 Å². The van der Waals surface area contributed by atoms with Gasteiger partial charge >= 0.3 is 0 Å². The predicted molar refractivity (Wildman–Crippen MR) is 86.6 cm³/mol. The number of amides is 1. The molecule has 0 bridgehead atoms. The molecule has 0 saturated heterocycles. The zero-order valence-electron chi connectivity index (χ0n) is 12.5. The second-order valence-corrected chi connectivity index (χ2v) is 6.40. The maximum Gasteiger partial charge on any atom is 0.251 e. The number of thiol groups is 1. The van der Waals surface area contributed by atoms with Crippen LogP contribution in [-0.2, 0) is 0 Å². The standard InChI is InChI=1S/C17H25NOS/c1-3-16(13-7-5-4-6-8-13)18-17(19)15-11-14(20)10-9-12(15)2/h9-11,13,16,20H,3-8H2,1-2H3,(H,18,19). The van der Waals surface area contributed by atoms with Crippen molar-refractivity contribution in [3.8, 4) is 0 Å². The lowest BCUT2D eigenvalue weighted by atomic mass is 9.83. The van der Waals surface area contributed by atoms with Crippen LogP contribution in [0.15, 0.2) is 23.1 Å². The van der Waals surface area contributed by atoms with E-state index >= 15 is 0 Å². The van der Waals surface area contributed by atoms with Gasteiger partial charge < -0.3 is 5.32 Å². The highest BCUT2D eigenvalue weighted by Gasteiger charge is 2.24. The van der Waals surface area contributed by atoms with Gasteiger partial charge in [-0.3, -0.25) is 4.79 Å². The maximum atomic E-state index is 12.5. The van der Waals surface area contributed by atoms with E-state index in [4.69, 9.17) is 0 Å². The molecular formula is C17H25NOS. The number of aryl methyl sites for hydroxylation is 1. The summed E-state index contributed by atoms with van der Waals surface area (Å²) in [6, 6.07) is 6.05. The minimum atomic E-state index is 0.0517. The van der Waals surface area contributed by atoms with Crippen LogP contribution < -0.4 is 5.32 Å². The van der Waals surface area contributed by atoms with Gasteiger partial charge in [0.05, 0.1) is 0 Å². The SMILES string of the molecule is CCC(NC(=O)c1cc(S)ccc1C)C1CCCCC1. The van der Waals surface area contributed by atoms with Crippen LogP contribution in [0, 0.1) is 12.8 Å². The Labute approximate surface area is 127 Å². The van der Waals surface area contributed by atoms with Gasteiger partial charge in [-0.05, 0) is 49.8 Å². The monoisotopic (exact) mass is 291 g/mol. The van der Waals surface area contributed by atoms with Gasteiger partial charge in [-0.1, -0.05) is 32.3 Å². The third-order valence-electron chi connectivity index (χ3n) is 4.44. The maximum absolute atomic E-state index is 12.5. The average molecular weight is 291 g/mol. The molecule has 1 atom stereocenters. The van der Waals surface area contributed by atoms with Crippen molar-refractivity contribution in [2.75, 3.05) is 0 Å². The molecule has 0 spiro atoms. The van der Waals surface area contributed by atoms with Crippen molar-refractivity contribution in [1.82, 2.24) is 5.32 Å². The summed E-state index contributed by atoms with van der Waals surface area (Å²) >= 11 is 4.33. The van der Waals surface area contributed by atoms with Crippen molar-refractivity contribution in [3.05, 3.63) is 29.3 Å². The fourth-order valence-electron chi connectivity index (χ4n) is 3.19. The molecular weight excluding hydrogens is 266 g/mol. The Hall–Kier alpha value is -0.960. The molecule has 1 saturated carbocycles. The van der Waals surface area contributed by atoms with E-state index < -0.39 is 0 Å². The molecule has 1 aromatic carbocycles. The van der Waals surface area contributed by atoms with Gasteiger partial charge in [0.25, 0.3) is 5.91 Å². The lowest BCUT2D eigenvalue weighted by Crippen LogP contribution is -2.40. The summed E-state index contributed by atoms with van der Waals surface area (Å²) < 4.78 is 0. The Morgan fingerprint density at radius 2 is 2.05 bits per heavy atom. The van der Waals surface area contributed by atoms with Crippen molar-refractivity contribution >= 4 is 18.5 Å². The molecule has 0 aromatic heterocycles. The second kappa shape index (κ2) is 7.16. The first-order valence-corrected chi connectivity index (χ1v) is 8.17. The highest BCUT2D eigenvalue weighted by molar-refractivity contribution is 7.80. The molecule has 0 heterocycles. The third-order valence-corrected chi connectivity index (χ3v) is 4.72. The van der Waals surface area contributed by atoms with Crippen LogP contribution in [0.5, 0.6) is 0 Å². The van der Waals surface area contributed by atoms with Gasteiger partial charge in [0.15, 0.2) is 0 Å². The zero-order chi connectivity index (χ0) is 14.5. The Morgan fingerprint density at radius 1 is 1.35 bits per heavy atom. The number of carbonyl (C=O) groups excluding carboxylic acids is 1. The number of nitrogens with one attached hydrogen (secondary N) is 1. The van der Waals surface area contributed by atoms with Crippen molar-refractivity contribution in [2.24, 2.45) is 5.92 Å². The third kappa shape index (κ3) is 3.78. The Balaban J connectivity index is 2.06. The molecule has 1 unspecified atom stereocenters. The molecule has 1 fully saturated rings. The van der Waals surface area contributed by atoms with Crippen molar-refractivity contribution < 1.29 is 4.79 Å². The highest BCUT2D eigenvalue weighted by atomic mass is 32.1. The highest BCUT2D eigenvalue weighted by Crippen LogP contribution is 2.28. The molecule has 1 aliphatic carbocycles. The molecule has 20 heavy (non-hydrogen) atoms. The summed E-state index contributed by atoms with van der Waals surface area (Å²) in [5.74, 6) is 0.702. The quantitative estimate of drug-likeness (QED) is 0.792. The lowest BCUT2D eigenvalue weighted by Gasteiger charge is -2.30. The van der Waals surface area contributed by atoms with Crippen molar-refractivity contribution in [1.29, 1.82) is 0 Å². The Bertz CT molecular complexity index is 466. The fraction of sp³-hybridized carbons (Fsp3) is 0.588. The van der Waals surface area contributed by atoms with Gasteiger partial charge in [-0.2, -0.15) is 0 Å². The number of hydrogen-bond donors (Lipinski definition) is 2. The molecule has 0 aliphatic heterocycles. The molecule has 2 rings (SSSR count). The molecule has 3 heteroatoms. The van der Waals surface area contributed by atoms with E-state index in [0.29, 0.717) is 12.0 Å². The van der Waals surface area contributed by atoms with E-state index in [9.17, 15) is 4.79 Å². The Morgan fingerprint density at radius 3 is 2.70 bits per heavy atom. The van der Waals surface area contributed by atoms with Crippen LogP contribution in [0.2, 0.25) is 0 Å². The summed E-state index contributed by atoms with van der Waals surface area (Å²) in [5.41, 5.74) is 1.77. The first-order chi connectivity index (χ1) is 9.61. The predicted octanol–water partition coefficient (Wildman–Crippen LogP) is 4.37. The normalized spacial score (nSPS) is 17.8. The van der Waals surface area contributed by atoms with E-state index in [2.05, 4.69) is 24.9 Å². The summed E-state index contributed by atoms with van der Waals surface area (Å²) in [6.45, 7) is 4.14. The van der Waals surface area contributed by atoms with Crippen molar-refractivity contribution in [2.45, 2.75) is 63.3 Å². The second-order valence-electron chi connectivity index (χ2n) is 5.89. The van der Waals surface area contributed by atoms with Crippen LogP contribution in [0.25, 0.3) is 0 Å². The molecule has 0 radical (unpaired) electrons. The zero-order valence-corrected chi connectivity index (χ0v) is 13.4. The number of hydrogen-bond acceptors (Lipinski definition) is 2. The van der Waals surface area contributed by atoms with Crippen LogP contribution in [-0.4, -0.2) is 11.9 Å². The summed E-state index contributed by atoms with van der Waals surface area (Å²) in [6.07, 6.45) is 7.48. The molecule has 1 aromatic rings. The van der Waals surface area contributed by atoms with Gasteiger partial charge in [-0.15, -0.1) is 12.6 Å². The van der Waals surface area contributed by atoms with Crippen LogP contribution in [0.1, 0.15) is 61.4 Å². The fourth-order valence-corrected chi connectivity index (χ4v) is 3.39. The smallest absolute Gasteiger partial charge is 0.251 e. The number of carbonyl (C=O) groups is 1. The minimum Gasteiger partial charge on any atom is -0.349 e. The van der Waals surface area contributed by atoms with Crippen LogP contribution in [0.4, 0.5) is 0 Å². The van der Waals surface area contributed by atoms with Gasteiger partial charge in [0.1, 0.15) is 0 Å². The minimum absolute atomic E-state index is 0.0517. The molecule has 2 nitrogen and oxygen atoms in total. The van der Waals surface area contributed by atoms with Crippen molar-refractivity contribution in [3.63, 3.8) is 0 Å². The number of rotatable bonds is 4. The lowest BCUT2D eigenvalue weighted by molar-refractivity contribution is 0.0910. The van der Waals surface area contributed by atoms with Crippen LogP contribution in [0.3, 0.4) is 0 Å². The van der Waals surface area contributed by atoms with E-state index in [1.807, 2.05) is 25.1 Å². The van der Waals surface area contributed by atoms with Gasteiger partial charge in [-0.25, -0.2) is 0 Å². The van der Waals surface area contributed by atoms with E-state index in [-0.39, 0.29) is 5.91 Å². The van der Waals surface area contributed by atoms with E-state index in [0.717, 1.165) is 22.4 Å². The average Bonchev–Trinajstić information content (AvgIpc) is 2.48. The Kier molecular flexibility index (Phi) is 5.53. The summed E-state index contributed by atoms with van der Waals surface area (Å²) in [4.78, 5) is 13.3. The summed E-state index contributed by atoms with van der Waals surface area (Å²) in [5, 5.41) is 3.25.